The van der Waals surface area contributed by atoms with Crippen LogP contribution in [0.5, 0.6) is 0 Å². The third-order valence-corrected chi connectivity index (χ3v) is 4.97. The van der Waals surface area contributed by atoms with Gasteiger partial charge in [-0.2, -0.15) is 0 Å². The molecule has 3 rings (SSSR count). The minimum absolute atomic E-state index is 0.154. The summed E-state index contributed by atoms with van der Waals surface area (Å²) in [5.41, 5.74) is 8.34. The van der Waals surface area contributed by atoms with Crippen LogP contribution in [-0.2, 0) is 15.6 Å². The van der Waals surface area contributed by atoms with Crippen LogP contribution in [0.4, 0.5) is 0 Å². The van der Waals surface area contributed by atoms with Crippen molar-refractivity contribution in [3.63, 3.8) is 0 Å². The third kappa shape index (κ3) is 2.59. The zero-order valence-electron chi connectivity index (χ0n) is 13.4. The normalized spacial score (nSPS) is 24.2. The lowest BCUT2D eigenvalue weighted by Crippen LogP contribution is -2.39. The second-order valence-electron chi connectivity index (χ2n) is 7.71. The Morgan fingerprint density at radius 3 is 2.29 bits per heavy atom. The van der Waals surface area contributed by atoms with E-state index in [1.54, 1.807) is 0 Å². The van der Waals surface area contributed by atoms with Crippen molar-refractivity contribution in [1.29, 1.82) is 0 Å². The SMILES string of the molecule is CC(C)(C)c1ccc(C2(C(=O)N3CC[C@H](N)C3)CC2)cc1. The maximum Gasteiger partial charge on any atom is 0.233 e. The Labute approximate surface area is 127 Å². The number of carbonyl (C=O) groups excluding carboxylic acids is 1. The number of carbonyl (C=O) groups is 1. The number of hydrogen-bond acceptors (Lipinski definition) is 2. The molecule has 1 aromatic rings. The highest BCUT2D eigenvalue weighted by Crippen LogP contribution is 2.50. The van der Waals surface area contributed by atoms with Gasteiger partial charge in [0, 0.05) is 19.1 Å². The molecule has 2 aliphatic rings. The first-order valence-electron chi connectivity index (χ1n) is 7.99. The molecule has 0 aromatic heterocycles. The number of amides is 1. The van der Waals surface area contributed by atoms with Gasteiger partial charge in [-0.1, -0.05) is 45.0 Å². The minimum Gasteiger partial charge on any atom is -0.340 e. The van der Waals surface area contributed by atoms with E-state index in [9.17, 15) is 4.79 Å². The smallest absolute Gasteiger partial charge is 0.233 e. The Kier molecular flexibility index (Phi) is 3.36. The third-order valence-electron chi connectivity index (χ3n) is 4.97. The van der Waals surface area contributed by atoms with Crippen LogP contribution in [0.3, 0.4) is 0 Å². The average molecular weight is 286 g/mol. The summed E-state index contributed by atoms with van der Waals surface area (Å²) in [4.78, 5) is 14.8. The molecule has 1 heterocycles. The summed E-state index contributed by atoms with van der Waals surface area (Å²) in [7, 11) is 0. The van der Waals surface area contributed by atoms with Crippen LogP contribution in [0, 0.1) is 0 Å². The van der Waals surface area contributed by atoms with Crippen LogP contribution in [0.2, 0.25) is 0 Å². The lowest BCUT2D eigenvalue weighted by molar-refractivity contribution is -0.132. The summed E-state index contributed by atoms with van der Waals surface area (Å²) >= 11 is 0. The number of benzene rings is 1. The Bertz CT molecular complexity index is 537. The van der Waals surface area contributed by atoms with Crippen molar-refractivity contribution in [1.82, 2.24) is 4.90 Å². The maximum absolute atomic E-state index is 12.8. The van der Waals surface area contributed by atoms with E-state index in [2.05, 4.69) is 45.0 Å². The van der Waals surface area contributed by atoms with E-state index in [1.165, 1.54) is 11.1 Å². The highest BCUT2D eigenvalue weighted by atomic mass is 16.2. The van der Waals surface area contributed by atoms with Crippen molar-refractivity contribution in [2.45, 2.75) is 56.9 Å². The van der Waals surface area contributed by atoms with Gasteiger partial charge in [-0.3, -0.25) is 4.79 Å². The highest BCUT2D eigenvalue weighted by molar-refractivity contribution is 5.91. The molecule has 21 heavy (non-hydrogen) atoms. The largest absolute Gasteiger partial charge is 0.340 e. The fourth-order valence-corrected chi connectivity index (χ4v) is 3.31. The van der Waals surface area contributed by atoms with E-state index >= 15 is 0 Å². The number of hydrogen-bond donors (Lipinski definition) is 1. The molecular formula is C18H26N2O. The monoisotopic (exact) mass is 286 g/mol. The molecule has 2 fully saturated rings. The Hall–Kier alpha value is -1.35. The second-order valence-corrected chi connectivity index (χ2v) is 7.71. The molecule has 0 unspecified atom stereocenters. The molecule has 1 aromatic carbocycles. The van der Waals surface area contributed by atoms with Gasteiger partial charge in [-0.15, -0.1) is 0 Å². The maximum atomic E-state index is 12.8. The Balaban J connectivity index is 1.81. The van der Waals surface area contributed by atoms with Crippen LogP contribution in [0.15, 0.2) is 24.3 Å². The summed E-state index contributed by atoms with van der Waals surface area (Å²) in [5, 5.41) is 0. The predicted molar refractivity (Wildman–Crippen MR) is 85.2 cm³/mol. The molecule has 1 saturated carbocycles. The first kappa shape index (κ1) is 14.6. The van der Waals surface area contributed by atoms with Gasteiger partial charge in [0.05, 0.1) is 5.41 Å². The van der Waals surface area contributed by atoms with E-state index in [4.69, 9.17) is 5.73 Å². The van der Waals surface area contributed by atoms with Crippen molar-refractivity contribution in [2.24, 2.45) is 5.73 Å². The van der Waals surface area contributed by atoms with Gasteiger partial charge >= 0.3 is 0 Å². The zero-order chi connectivity index (χ0) is 15.3. The van der Waals surface area contributed by atoms with Crippen LogP contribution >= 0.6 is 0 Å². The van der Waals surface area contributed by atoms with E-state index < -0.39 is 0 Å². The molecule has 0 spiro atoms. The van der Waals surface area contributed by atoms with Gasteiger partial charge in [0.25, 0.3) is 0 Å². The van der Waals surface area contributed by atoms with E-state index in [-0.39, 0.29) is 16.9 Å². The van der Waals surface area contributed by atoms with Gasteiger partial charge in [0.15, 0.2) is 0 Å². The quantitative estimate of drug-likeness (QED) is 0.908. The van der Waals surface area contributed by atoms with Crippen molar-refractivity contribution in [2.75, 3.05) is 13.1 Å². The van der Waals surface area contributed by atoms with Crippen LogP contribution in [0.25, 0.3) is 0 Å². The molecule has 0 radical (unpaired) electrons. The molecule has 1 aliphatic heterocycles. The number of likely N-dealkylation sites (tertiary alicyclic amines) is 1. The molecule has 2 N–H and O–H groups in total. The Morgan fingerprint density at radius 2 is 1.86 bits per heavy atom. The van der Waals surface area contributed by atoms with Gasteiger partial charge in [-0.05, 0) is 35.8 Å². The minimum atomic E-state index is -0.250. The first-order chi connectivity index (χ1) is 9.83. The summed E-state index contributed by atoms with van der Waals surface area (Å²) in [5.74, 6) is 0.291. The number of rotatable bonds is 2. The van der Waals surface area contributed by atoms with E-state index in [0.29, 0.717) is 5.91 Å². The summed E-state index contributed by atoms with van der Waals surface area (Å²) in [6, 6.07) is 8.83. The van der Waals surface area contributed by atoms with Gasteiger partial charge in [-0.25, -0.2) is 0 Å². The molecule has 1 atom stereocenters. The number of nitrogens with two attached hydrogens (primary N) is 1. The van der Waals surface area contributed by atoms with Crippen molar-refractivity contribution in [3.05, 3.63) is 35.4 Å². The van der Waals surface area contributed by atoms with E-state index in [0.717, 1.165) is 32.4 Å². The van der Waals surface area contributed by atoms with Crippen LogP contribution in [-0.4, -0.2) is 29.9 Å². The topological polar surface area (TPSA) is 46.3 Å². The molecular weight excluding hydrogens is 260 g/mol. The average Bonchev–Trinajstić information content (AvgIpc) is 3.14. The lowest BCUT2D eigenvalue weighted by Gasteiger charge is -2.25. The van der Waals surface area contributed by atoms with Gasteiger partial charge in [0.1, 0.15) is 0 Å². The van der Waals surface area contributed by atoms with Gasteiger partial charge < -0.3 is 10.6 Å². The van der Waals surface area contributed by atoms with Crippen molar-refractivity contribution < 1.29 is 4.79 Å². The van der Waals surface area contributed by atoms with Crippen molar-refractivity contribution >= 4 is 5.91 Å². The molecule has 114 valence electrons. The molecule has 3 heteroatoms. The molecule has 1 amide bonds. The fourth-order valence-electron chi connectivity index (χ4n) is 3.31. The van der Waals surface area contributed by atoms with Crippen LogP contribution in [0.1, 0.15) is 51.2 Å². The second kappa shape index (κ2) is 4.84. The highest BCUT2D eigenvalue weighted by Gasteiger charge is 2.53. The summed E-state index contributed by atoms with van der Waals surface area (Å²) in [6.07, 6.45) is 2.89. The lowest BCUT2D eigenvalue weighted by atomic mass is 9.84. The molecule has 1 saturated heterocycles. The fraction of sp³-hybridized carbons (Fsp3) is 0.611. The first-order valence-corrected chi connectivity index (χ1v) is 7.99. The molecule has 1 aliphatic carbocycles. The standard InChI is InChI=1S/C18H26N2O/c1-17(2,3)13-4-6-14(7-5-13)18(9-10-18)16(21)20-11-8-15(19)12-20/h4-7,15H,8-12,19H2,1-3H3/t15-/m0/s1. The zero-order valence-corrected chi connectivity index (χ0v) is 13.4. The summed E-state index contributed by atoms with van der Waals surface area (Å²) in [6.45, 7) is 8.19. The van der Waals surface area contributed by atoms with Crippen molar-refractivity contribution in [3.8, 4) is 0 Å². The molecule has 3 nitrogen and oxygen atoms in total. The predicted octanol–water partition coefficient (Wildman–Crippen LogP) is 2.58. The summed E-state index contributed by atoms with van der Waals surface area (Å²) < 4.78 is 0. The number of nitrogens with zero attached hydrogens (tertiary/aromatic N) is 1. The molecule has 0 bridgehead atoms. The van der Waals surface area contributed by atoms with Crippen LogP contribution < -0.4 is 5.73 Å². The van der Waals surface area contributed by atoms with E-state index in [1.807, 2.05) is 4.90 Å². The Morgan fingerprint density at radius 1 is 1.24 bits per heavy atom. The van der Waals surface area contributed by atoms with Gasteiger partial charge in [0.2, 0.25) is 5.91 Å².